The third kappa shape index (κ3) is 9.55. The molecule has 0 amide bonds. The van der Waals surface area contributed by atoms with Gasteiger partial charge >= 0.3 is 0 Å². The van der Waals surface area contributed by atoms with Crippen LogP contribution in [0.1, 0.15) is 41.5 Å². The van der Waals surface area contributed by atoms with Gasteiger partial charge in [0.25, 0.3) is 20.2 Å². The van der Waals surface area contributed by atoms with E-state index in [1.54, 1.807) is 41.5 Å². The van der Waals surface area contributed by atoms with Gasteiger partial charge in [0.2, 0.25) is 0 Å². The zero-order valence-corrected chi connectivity index (χ0v) is 12.9. The third-order valence-corrected chi connectivity index (χ3v) is 5.52. The van der Waals surface area contributed by atoms with Crippen molar-refractivity contribution in [2.24, 2.45) is 10.8 Å². The van der Waals surface area contributed by atoms with Crippen molar-refractivity contribution in [3.63, 3.8) is 0 Å². The number of hydrogen-bond donors (Lipinski definition) is 0. The van der Waals surface area contributed by atoms with Crippen molar-refractivity contribution < 1.29 is 20.5 Å². The van der Waals surface area contributed by atoms with E-state index in [1.807, 2.05) is 0 Å². The highest BCUT2D eigenvalue weighted by molar-refractivity contribution is 7.99. The maximum Gasteiger partial charge on any atom is 0.282 e. The average Bonchev–Trinajstić information content (AvgIpc) is 1.65. The van der Waals surface area contributed by atoms with Gasteiger partial charge in [-0.25, -0.2) is 0 Å². The van der Waals surface area contributed by atoms with Gasteiger partial charge in [-0.3, -0.25) is 0 Å². The van der Waals surface area contributed by atoms with Crippen LogP contribution in [0.15, 0.2) is 0 Å². The van der Waals surface area contributed by atoms with Crippen molar-refractivity contribution in [3.8, 4) is 0 Å². The maximum absolute atomic E-state index is 11.5. The van der Waals surface area contributed by atoms with Crippen LogP contribution in [-0.4, -0.2) is 28.3 Å². The first-order valence-electron chi connectivity index (χ1n) is 5.28. The molecule has 7 heteroatoms. The van der Waals surface area contributed by atoms with Crippen LogP contribution in [0.25, 0.3) is 0 Å². The molecular formula is C10H22O5S2. The second-order valence-corrected chi connectivity index (χ2v) is 9.95. The summed E-state index contributed by atoms with van der Waals surface area (Å²) in [4.78, 5) is 0. The molecule has 0 spiro atoms. The molecule has 0 unspecified atom stereocenters. The molecule has 0 heterocycles. The molecule has 0 aliphatic heterocycles. The van der Waals surface area contributed by atoms with Crippen molar-refractivity contribution in [2.45, 2.75) is 41.5 Å². The van der Waals surface area contributed by atoms with Gasteiger partial charge < -0.3 is 0 Å². The smallest absolute Gasteiger partial charge is 0.198 e. The van der Waals surface area contributed by atoms with Gasteiger partial charge in [0.1, 0.15) is 0 Å². The lowest BCUT2D eigenvalue weighted by Crippen LogP contribution is -2.29. The van der Waals surface area contributed by atoms with Gasteiger partial charge in [0.05, 0.1) is 11.5 Å². The van der Waals surface area contributed by atoms with Crippen molar-refractivity contribution in [1.29, 1.82) is 0 Å². The average molecular weight is 286 g/mol. The van der Waals surface area contributed by atoms with Crippen LogP contribution in [0.5, 0.6) is 0 Å². The molecule has 0 saturated carbocycles. The van der Waals surface area contributed by atoms with E-state index in [0.29, 0.717) is 0 Å². The lowest BCUT2D eigenvalue weighted by Gasteiger charge is -2.20. The fourth-order valence-corrected chi connectivity index (χ4v) is 5.04. The molecule has 0 aromatic carbocycles. The highest BCUT2D eigenvalue weighted by atomic mass is 32.3. The number of rotatable bonds is 4. The molecule has 0 saturated heterocycles. The first-order chi connectivity index (χ1) is 7.12. The quantitative estimate of drug-likeness (QED) is 0.787. The summed E-state index contributed by atoms with van der Waals surface area (Å²) in [6.45, 7) is 10.2. The van der Waals surface area contributed by atoms with E-state index in [9.17, 15) is 16.8 Å². The first-order valence-corrected chi connectivity index (χ1v) is 8.44. The Morgan fingerprint density at radius 2 is 0.941 bits per heavy atom. The minimum absolute atomic E-state index is 0.330. The summed E-state index contributed by atoms with van der Waals surface area (Å²) >= 11 is 0. The molecule has 17 heavy (non-hydrogen) atoms. The molecule has 0 aliphatic carbocycles. The SMILES string of the molecule is CC(C)(C)CS(=O)(=O)OS(=O)(=O)CC(C)(C)C. The molecule has 0 atom stereocenters. The molecule has 0 fully saturated rings. The van der Waals surface area contributed by atoms with E-state index in [4.69, 9.17) is 0 Å². The summed E-state index contributed by atoms with van der Waals surface area (Å²) in [7, 11) is -8.11. The zero-order chi connectivity index (χ0) is 14.1. The Bertz CT molecular complexity index is 402. The Hall–Kier alpha value is -0.140. The van der Waals surface area contributed by atoms with E-state index in [-0.39, 0.29) is 11.5 Å². The van der Waals surface area contributed by atoms with E-state index >= 15 is 0 Å². The Balaban J connectivity index is 4.86. The standard InChI is InChI=1S/C10H22O5S2/c1-9(2,3)7-16(11,12)15-17(13,14)8-10(4,5)6/h7-8H2,1-6H3. The normalized spacial score (nSPS) is 14.9. The van der Waals surface area contributed by atoms with Crippen LogP contribution in [0.2, 0.25) is 0 Å². The summed E-state index contributed by atoms with van der Waals surface area (Å²) in [6, 6.07) is 0. The molecule has 5 nitrogen and oxygen atoms in total. The molecule has 104 valence electrons. The van der Waals surface area contributed by atoms with Crippen LogP contribution in [-0.2, 0) is 23.9 Å². The van der Waals surface area contributed by atoms with E-state index in [0.717, 1.165) is 0 Å². The van der Waals surface area contributed by atoms with E-state index in [2.05, 4.69) is 3.63 Å². The van der Waals surface area contributed by atoms with Gasteiger partial charge in [0.15, 0.2) is 0 Å². The number of hydrogen-bond acceptors (Lipinski definition) is 5. The largest absolute Gasteiger partial charge is 0.282 e. The Kier molecular flexibility index (Phi) is 4.81. The minimum Gasteiger partial charge on any atom is -0.198 e. The molecule has 0 N–H and O–H groups in total. The van der Waals surface area contributed by atoms with Gasteiger partial charge in [-0.15, -0.1) is 3.63 Å². The third-order valence-electron chi connectivity index (χ3n) is 1.43. The Morgan fingerprint density at radius 3 is 1.12 bits per heavy atom. The fraction of sp³-hybridized carbons (Fsp3) is 1.00. The molecule has 0 rings (SSSR count). The molecule has 0 aromatic rings. The predicted octanol–water partition coefficient (Wildman–Crippen LogP) is 1.75. The van der Waals surface area contributed by atoms with Crippen LogP contribution in [0.3, 0.4) is 0 Å². The summed E-state index contributed by atoms with van der Waals surface area (Å²) in [5.74, 6) is -0.660. The van der Waals surface area contributed by atoms with Crippen molar-refractivity contribution in [3.05, 3.63) is 0 Å². The van der Waals surface area contributed by atoms with Gasteiger partial charge in [-0.1, -0.05) is 41.5 Å². The molecule has 0 bridgehead atoms. The minimum atomic E-state index is -4.06. The molecule has 0 radical (unpaired) electrons. The van der Waals surface area contributed by atoms with E-state index in [1.165, 1.54) is 0 Å². The first kappa shape index (κ1) is 16.9. The highest BCUT2D eigenvalue weighted by Crippen LogP contribution is 2.22. The zero-order valence-electron chi connectivity index (χ0n) is 11.3. The van der Waals surface area contributed by atoms with Crippen LogP contribution < -0.4 is 0 Å². The highest BCUT2D eigenvalue weighted by Gasteiger charge is 2.31. The summed E-state index contributed by atoms with van der Waals surface area (Å²) < 4.78 is 50.5. The van der Waals surface area contributed by atoms with Crippen LogP contribution in [0.4, 0.5) is 0 Å². The molecular weight excluding hydrogens is 264 g/mol. The fourth-order valence-electron chi connectivity index (χ4n) is 1.27. The monoisotopic (exact) mass is 286 g/mol. The van der Waals surface area contributed by atoms with Crippen LogP contribution in [0, 0.1) is 10.8 Å². The second kappa shape index (κ2) is 4.85. The van der Waals surface area contributed by atoms with Gasteiger partial charge in [0, 0.05) is 0 Å². The summed E-state index contributed by atoms with van der Waals surface area (Å²) in [5, 5.41) is 0. The summed E-state index contributed by atoms with van der Waals surface area (Å²) in [6.07, 6.45) is 0. The van der Waals surface area contributed by atoms with Crippen molar-refractivity contribution in [1.82, 2.24) is 0 Å². The Morgan fingerprint density at radius 1 is 0.706 bits per heavy atom. The van der Waals surface area contributed by atoms with Crippen molar-refractivity contribution >= 4 is 20.2 Å². The summed E-state index contributed by atoms with van der Waals surface area (Å²) in [5.41, 5.74) is -1.09. The van der Waals surface area contributed by atoms with Gasteiger partial charge in [-0.05, 0) is 10.8 Å². The van der Waals surface area contributed by atoms with Crippen LogP contribution >= 0.6 is 0 Å². The lowest BCUT2D eigenvalue weighted by molar-refractivity contribution is 0.403. The predicted molar refractivity (Wildman–Crippen MR) is 67.6 cm³/mol. The maximum atomic E-state index is 11.5. The van der Waals surface area contributed by atoms with E-state index < -0.39 is 31.1 Å². The lowest BCUT2D eigenvalue weighted by atomic mass is 10.0. The molecule has 0 aliphatic rings. The van der Waals surface area contributed by atoms with Gasteiger partial charge in [-0.2, -0.15) is 16.8 Å². The van der Waals surface area contributed by atoms with Crippen molar-refractivity contribution in [2.75, 3.05) is 11.5 Å². The second-order valence-electron chi connectivity index (χ2n) is 6.59. The molecule has 0 aromatic heterocycles. The topological polar surface area (TPSA) is 77.5 Å². The Labute approximate surface area is 105 Å².